The molecule has 0 fully saturated rings. The van der Waals surface area contributed by atoms with E-state index in [1.165, 1.54) is 0 Å². The first-order valence-corrected chi connectivity index (χ1v) is 5.27. The maximum absolute atomic E-state index is 11.8. The molecule has 0 spiro atoms. The Balaban J connectivity index is 2.30. The molecule has 0 aliphatic carbocycles. The van der Waals surface area contributed by atoms with Crippen molar-refractivity contribution in [3.8, 4) is 11.3 Å². The van der Waals surface area contributed by atoms with E-state index < -0.39 is 0 Å². The van der Waals surface area contributed by atoms with Gasteiger partial charge in [-0.3, -0.25) is 9.78 Å². The van der Waals surface area contributed by atoms with Crippen molar-refractivity contribution in [2.24, 2.45) is 5.73 Å². The Bertz CT molecular complexity index is 537. The zero-order valence-corrected chi connectivity index (χ0v) is 9.18. The van der Waals surface area contributed by atoms with Crippen molar-refractivity contribution in [1.82, 2.24) is 15.2 Å². The first-order valence-electron chi connectivity index (χ1n) is 5.27. The van der Waals surface area contributed by atoms with E-state index in [1.54, 1.807) is 0 Å². The largest absolute Gasteiger partial charge is 0.353 e. The van der Waals surface area contributed by atoms with E-state index in [0.29, 0.717) is 24.7 Å². The quantitative estimate of drug-likeness (QED) is 0.698. The normalized spacial score (nSPS) is 10.2. The van der Waals surface area contributed by atoms with Gasteiger partial charge in [0.25, 0.3) is 5.56 Å². The van der Waals surface area contributed by atoms with Crippen molar-refractivity contribution in [2.75, 3.05) is 18.4 Å². The summed E-state index contributed by atoms with van der Waals surface area (Å²) in [6, 6.07) is 9.19. The van der Waals surface area contributed by atoms with Gasteiger partial charge in [-0.2, -0.15) is 0 Å². The number of aromatic nitrogens is 3. The number of nitrogens with one attached hydrogen (secondary N) is 2. The van der Waals surface area contributed by atoms with Crippen molar-refractivity contribution < 1.29 is 0 Å². The monoisotopic (exact) mass is 231 g/mol. The summed E-state index contributed by atoms with van der Waals surface area (Å²) >= 11 is 0. The van der Waals surface area contributed by atoms with E-state index in [4.69, 9.17) is 5.73 Å². The van der Waals surface area contributed by atoms with Gasteiger partial charge in [0, 0.05) is 18.7 Å². The molecule has 6 heteroatoms. The lowest BCUT2D eigenvalue weighted by Crippen LogP contribution is -2.20. The lowest BCUT2D eigenvalue weighted by Gasteiger charge is -2.03. The van der Waals surface area contributed by atoms with E-state index in [1.807, 2.05) is 30.3 Å². The molecule has 0 atom stereocenters. The van der Waals surface area contributed by atoms with Crippen LogP contribution in [0.15, 0.2) is 35.1 Å². The molecule has 0 unspecified atom stereocenters. The van der Waals surface area contributed by atoms with Gasteiger partial charge in [0.15, 0.2) is 5.69 Å². The van der Waals surface area contributed by atoms with Crippen molar-refractivity contribution in [3.05, 3.63) is 40.7 Å². The number of aromatic amines is 1. The number of benzene rings is 1. The topological polar surface area (TPSA) is 96.7 Å². The van der Waals surface area contributed by atoms with E-state index in [0.717, 1.165) is 5.56 Å². The Labute approximate surface area is 97.9 Å². The average Bonchev–Trinajstić information content (AvgIpc) is 2.37. The third-order valence-corrected chi connectivity index (χ3v) is 2.18. The molecule has 0 amide bonds. The van der Waals surface area contributed by atoms with E-state index in [2.05, 4.69) is 20.5 Å². The van der Waals surface area contributed by atoms with Crippen LogP contribution in [0.25, 0.3) is 11.3 Å². The molecule has 0 radical (unpaired) electrons. The molecule has 88 valence electrons. The van der Waals surface area contributed by atoms with Crippen LogP contribution in [0, 0.1) is 0 Å². The van der Waals surface area contributed by atoms with Crippen LogP contribution in [-0.2, 0) is 0 Å². The highest BCUT2D eigenvalue weighted by Crippen LogP contribution is 2.10. The van der Waals surface area contributed by atoms with Gasteiger partial charge >= 0.3 is 0 Å². The van der Waals surface area contributed by atoms with Crippen LogP contribution in [-0.4, -0.2) is 28.3 Å². The first kappa shape index (κ1) is 11.3. The van der Waals surface area contributed by atoms with Crippen molar-refractivity contribution in [2.45, 2.75) is 0 Å². The third-order valence-electron chi connectivity index (χ3n) is 2.18. The first-order chi connectivity index (χ1) is 8.31. The van der Waals surface area contributed by atoms with Gasteiger partial charge in [0.1, 0.15) is 0 Å². The fourth-order valence-corrected chi connectivity index (χ4v) is 1.39. The summed E-state index contributed by atoms with van der Waals surface area (Å²) in [6.45, 7) is 0.999. The van der Waals surface area contributed by atoms with E-state index in [9.17, 15) is 4.79 Å². The zero-order valence-electron chi connectivity index (χ0n) is 9.18. The van der Waals surface area contributed by atoms with Crippen molar-refractivity contribution >= 4 is 5.95 Å². The molecule has 0 aliphatic heterocycles. The maximum Gasteiger partial charge on any atom is 0.279 e. The molecule has 4 N–H and O–H groups in total. The number of rotatable bonds is 4. The van der Waals surface area contributed by atoms with Gasteiger partial charge in [-0.15, -0.1) is 10.2 Å². The van der Waals surface area contributed by atoms with Crippen LogP contribution < -0.4 is 16.6 Å². The molecule has 0 saturated heterocycles. The van der Waals surface area contributed by atoms with Crippen LogP contribution in [0.1, 0.15) is 0 Å². The van der Waals surface area contributed by atoms with Gasteiger partial charge in [-0.05, 0) is 0 Å². The Kier molecular flexibility index (Phi) is 3.46. The number of hydrogen-bond donors (Lipinski definition) is 3. The SMILES string of the molecule is NCCNc1nnc(-c2ccccc2)c(=O)[nH]1. The van der Waals surface area contributed by atoms with Crippen LogP contribution >= 0.6 is 0 Å². The summed E-state index contributed by atoms with van der Waals surface area (Å²) in [5.74, 6) is 0.333. The Morgan fingerprint density at radius 1 is 1.24 bits per heavy atom. The van der Waals surface area contributed by atoms with E-state index in [-0.39, 0.29) is 5.56 Å². The van der Waals surface area contributed by atoms with Gasteiger partial charge < -0.3 is 11.1 Å². The maximum atomic E-state index is 11.8. The summed E-state index contributed by atoms with van der Waals surface area (Å²) in [5.41, 5.74) is 6.11. The minimum absolute atomic E-state index is 0.272. The second-order valence-electron chi connectivity index (χ2n) is 3.43. The van der Waals surface area contributed by atoms with Gasteiger partial charge in [-0.25, -0.2) is 0 Å². The molecule has 0 aliphatic rings. The average molecular weight is 231 g/mol. The van der Waals surface area contributed by atoms with Gasteiger partial charge in [-0.1, -0.05) is 30.3 Å². The fourth-order valence-electron chi connectivity index (χ4n) is 1.39. The number of nitrogens with two attached hydrogens (primary N) is 1. The standard InChI is InChI=1S/C11H13N5O/c12-6-7-13-11-14-10(17)9(15-16-11)8-4-2-1-3-5-8/h1-5H,6-7,12H2,(H2,13,14,16,17). The molecule has 2 aromatic rings. The minimum atomic E-state index is -0.272. The summed E-state index contributed by atoms with van der Waals surface area (Å²) < 4.78 is 0. The predicted octanol–water partition coefficient (Wildman–Crippen LogP) is 0.202. The Morgan fingerprint density at radius 2 is 2.00 bits per heavy atom. The number of anilines is 1. The molecule has 1 aromatic carbocycles. The van der Waals surface area contributed by atoms with Crippen molar-refractivity contribution in [1.29, 1.82) is 0 Å². The Morgan fingerprint density at radius 3 is 2.65 bits per heavy atom. The highest BCUT2D eigenvalue weighted by atomic mass is 16.1. The lowest BCUT2D eigenvalue weighted by atomic mass is 10.2. The predicted molar refractivity (Wildman–Crippen MR) is 65.6 cm³/mol. The molecule has 1 aromatic heterocycles. The Hall–Kier alpha value is -2.21. The number of H-pyrrole nitrogens is 1. The molecule has 6 nitrogen and oxygen atoms in total. The number of nitrogens with zero attached hydrogens (tertiary/aromatic N) is 2. The summed E-state index contributed by atoms with van der Waals surface area (Å²) in [6.07, 6.45) is 0. The lowest BCUT2D eigenvalue weighted by molar-refractivity contribution is 0.918. The van der Waals surface area contributed by atoms with E-state index >= 15 is 0 Å². The third kappa shape index (κ3) is 2.67. The highest BCUT2D eigenvalue weighted by molar-refractivity contribution is 5.57. The molecule has 1 heterocycles. The van der Waals surface area contributed by atoms with Crippen LogP contribution in [0.5, 0.6) is 0 Å². The summed E-state index contributed by atoms with van der Waals surface area (Å²) in [7, 11) is 0. The number of hydrogen-bond acceptors (Lipinski definition) is 5. The molecule has 0 bridgehead atoms. The smallest absolute Gasteiger partial charge is 0.279 e. The van der Waals surface area contributed by atoms with Gasteiger partial charge in [0.2, 0.25) is 5.95 Å². The second-order valence-corrected chi connectivity index (χ2v) is 3.43. The van der Waals surface area contributed by atoms with Gasteiger partial charge in [0.05, 0.1) is 0 Å². The highest BCUT2D eigenvalue weighted by Gasteiger charge is 2.06. The molecule has 0 saturated carbocycles. The van der Waals surface area contributed by atoms with Crippen LogP contribution in [0.3, 0.4) is 0 Å². The summed E-state index contributed by atoms with van der Waals surface area (Å²) in [5, 5.41) is 10.6. The molecular weight excluding hydrogens is 218 g/mol. The molecular formula is C11H13N5O. The molecule has 17 heavy (non-hydrogen) atoms. The fraction of sp³-hybridized carbons (Fsp3) is 0.182. The van der Waals surface area contributed by atoms with Crippen LogP contribution in [0.2, 0.25) is 0 Å². The minimum Gasteiger partial charge on any atom is -0.353 e. The van der Waals surface area contributed by atoms with Crippen LogP contribution in [0.4, 0.5) is 5.95 Å². The summed E-state index contributed by atoms with van der Waals surface area (Å²) in [4.78, 5) is 14.4. The second kappa shape index (κ2) is 5.22. The molecule has 2 rings (SSSR count). The van der Waals surface area contributed by atoms with Crippen molar-refractivity contribution in [3.63, 3.8) is 0 Å². The zero-order chi connectivity index (χ0) is 12.1.